The van der Waals surface area contributed by atoms with Gasteiger partial charge >= 0.3 is 0 Å². The van der Waals surface area contributed by atoms with E-state index in [2.05, 4.69) is 13.8 Å². The van der Waals surface area contributed by atoms with E-state index in [-0.39, 0.29) is 0 Å². The van der Waals surface area contributed by atoms with Crippen molar-refractivity contribution in [1.29, 1.82) is 0 Å². The maximum Gasteiger partial charge on any atom is 0.161 e. The first-order chi connectivity index (χ1) is 13.4. The van der Waals surface area contributed by atoms with Crippen molar-refractivity contribution in [2.75, 3.05) is 39.6 Å². The van der Waals surface area contributed by atoms with Crippen molar-refractivity contribution in [3.8, 4) is 11.5 Å². The zero-order valence-electron chi connectivity index (χ0n) is 19.3. The van der Waals surface area contributed by atoms with Crippen LogP contribution in [0.4, 0.5) is 0 Å². The third kappa shape index (κ3) is 20.9. The van der Waals surface area contributed by atoms with Crippen LogP contribution in [-0.2, 0) is 9.47 Å². The smallest absolute Gasteiger partial charge is 0.161 e. The van der Waals surface area contributed by atoms with Crippen molar-refractivity contribution in [3.05, 3.63) is 24.3 Å². The van der Waals surface area contributed by atoms with Gasteiger partial charge in [0.2, 0.25) is 0 Å². The van der Waals surface area contributed by atoms with Crippen molar-refractivity contribution in [3.63, 3.8) is 0 Å². The minimum Gasteiger partial charge on any atom is -0.490 e. The summed E-state index contributed by atoms with van der Waals surface area (Å²) in [6, 6.07) is 7.78. The lowest BCUT2D eigenvalue weighted by Gasteiger charge is -2.12. The largest absolute Gasteiger partial charge is 0.490 e. The highest BCUT2D eigenvalue weighted by atomic mass is 16.5. The molecular weight excluding hydrogens is 340 g/mol. The first kappa shape index (κ1) is 30.5. The molecule has 0 aliphatic heterocycles. The molecule has 1 aromatic rings. The molecule has 0 aromatic heterocycles. The average molecular weight is 387 g/mol. The van der Waals surface area contributed by atoms with E-state index in [4.69, 9.17) is 18.9 Å². The normalized spacial score (nSPS) is 8.89. The molecule has 0 amide bonds. The standard InChI is InChI=1S/C17H28O4.3C2H6/c1-3-10-18-14-15-19-12-7-13-21-17-9-6-5-8-16(17)20-11-4-2;3*1-2/h5-6,8-9H,3-4,7,10-15H2,1-2H3;3*1-2H3. The van der Waals surface area contributed by atoms with Gasteiger partial charge in [-0.1, -0.05) is 67.5 Å². The summed E-state index contributed by atoms with van der Waals surface area (Å²) < 4.78 is 22.2. The molecular formula is C23H46O4. The second-order valence-electron chi connectivity index (χ2n) is 4.72. The number of hydrogen-bond acceptors (Lipinski definition) is 4. The molecule has 0 aliphatic rings. The van der Waals surface area contributed by atoms with Crippen LogP contribution in [0.15, 0.2) is 24.3 Å². The van der Waals surface area contributed by atoms with Crippen molar-refractivity contribution in [2.45, 2.75) is 74.7 Å². The Kier molecular flexibility index (Phi) is 33.3. The molecule has 1 rings (SSSR count). The fourth-order valence-electron chi connectivity index (χ4n) is 1.71. The highest BCUT2D eigenvalue weighted by molar-refractivity contribution is 5.39. The second kappa shape index (κ2) is 29.5. The molecule has 0 atom stereocenters. The van der Waals surface area contributed by atoms with Gasteiger partial charge in [0.15, 0.2) is 11.5 Å². The molecule has 0 spiro atoms. The maximum atomic E-state index is 5.74. The lowest BCUT2D eigenvalue weighted by molar-refractivity contribution is 0.0437. The van der Waals surface area contributed by atoms with Crippen molar-refractivity contribution in [2.24, 2.45) is 0 Å². The molecule has 0 radical (unpaired) electrons. The van der Waals surface area contributed by atoms with Crippen LogP contribution in [0.2, 0.25) is 0 Å². The van der Waals surface area contributed by atoms with Gasteiger partial charge in [-0.2, -0.15) is 0 Å². The summed E-state index contributed by atoms with van der Waals surface area (Å²) in [6.45, 7) is 20.3. The van der Waals surface area contributed by atoms with Gasteiger partial charge in [0.05, 0.1) is 26.4 Å². The van der Waals surface area contributed by atoms with Gasteiger partial charge < -0.3 is 18.9 Å². The molecule has 0 saturated carbocycles. The van der Waals surface area contributed by atoms with Crippen LogP contribution in [0, 0.1) is 0 Å². The summed E-state index contributed by atoms with van der Waals surface area (Å²) in [7, 11) is 0. The Hall–Kier alpha value is -1.26. The van der Waals surface area contributed by atoms with Gasteiger partial charge in [0.25, 0.3) is 0 Å². The Bertz CT molecular complexity index is 356. The molecule has 4 nitrogen and oxygen atoms in total. The molecule has 0 heterocycles. The number of ether oxygens (including phenoxy) is 4. The second-order valence-corrected chi connectivity index (χ2v) is 4.72. The Morgan fingerprint density at radius 2 is 1.00 bits per heavy atom. The van der Waals surface area contributed by atoms with Crippen LogP contribution in [0.1, 0.15) is 74.7 Å². The van der Waals surface area contributed by atoms with Crippen LogP contribution in [0.25, 0.3) is 0 Å². The quantitative estimate of drug-likeness (QED) is 0.351. The van der Waals surface area contributed by atoms with E-state index in [1.54, 1.807) is 0 Å². The number of hydrogen-bond donors (Lipinski definition) is 0. The van der Waals surface area contributed by atoms with Crippen LogP contribution in [0.3, 0.4) is 0 Å². The van der Waals surface area contributed by atoms with E-state index >= 15 is 0 Å². The molecule has 4 heteroatoms. The van der Waals surface area contributed by atoms with Gasteiger partial charge in [0, 0.05) is 19.6 Å². The van der Waals surface area contributed by atoms with E-state index in [0.29, 0.717) is 33.0 Å². The van der Waals surface area contributed by atoms with Gasteiger partial charge in [-0.25, -0.2) is 0 Å². The topological polar surface area (TPSA) is 36.9 Å². The fourth-order valence-corrected chi connectivity index (χ4v) is 1.71. The van der Waals surface area contributed by atoms with Crippen LogP contribution < -0.4 is 9.47 Å². The van der Waals surface area contributed by atoms with E-state index in [9.17, 15) is 0 Å². The van der Waals surface area contributed by atoms with Gasteiger partial charge in [0.1, 0.15) is 0 Å². The number of para-hydroxylation sites is 2. The van der Waals surface area contributed by atoms with Gasteiger partial charge in [-0.05, 0) is 25.0 Å². The molecule has 0 unspecified atom stereocenters. The van der Waals surface area contributed by atoms with Crippen LogP contribution in [0.5, 0.6) is 11.5 Å². The zero-order chi connectivity index (χ0) is 21.2. The SMILES string of the molecule is CC.CC.CC.CCCOCCOCCCOc1ccccc1OCCC. The molecule has 0 N–H and O–H groups in total. The molecule has 162 valence electrons. The first-order valence-electron chi connectivity index (χ1n) is 10.9. The lowest BCUT2D eigenvalue weighted by atomic mass is 10.3. The summed E-state index contributed by atoms with van der Waals surface area (Å²) in [5.74, 6) is 1.62. The summed E-state index contributed by atoms with van der Waals surface area (Å²) in [5, 5.41) is 0. The Labute approximate surface area is 169 Å². The van der Waals surface area contributed by atoms with Gasteiger partial charge in [-0.15, -0.1) is 0 Å². The molecule has 1 aromatic carbocycles. The van der Waals surface area contributed by atoms with E-state index in [1.807, 2.05) is 65.8 Å². The molecule has 0 saturated heterocycles. The van der Waals surface area contributed by atoms with Crippen molar-refractivity contribution in [1.82, 2.24) is 0 Å². The first-order valence-corrected chi connectivity index (χ1v) is 10.9. The number of benzene rings is 1. The zero-order valence-corrected chi connectivity index (χ0v) is 19.3. The third-order valence-corrected chi connectivity index (χ3v) is 2.72. The van der Waals surface area contributed by atoms with Crippen molar-refractivity contribution < 1.29 is 18.9 Å². The van der Waals surface area contributed by atoms with Crippen LogP contribution >= 0.6 is 0 Å². The number of rotatable bonds is 13. The molecule has 27 heavy (non-hydrogen) atoms. The van der Waals surface area contributed by atoms with Crippen molar-refractivity contribution >= 4 is 0 Å². The monoisotopic (exact) mass is 386 g/mol. The van der Waals surface area contributed by atoms with E-state index in [0.717, 1.165) is 37.4 Å². The fraction of sp³-hybridized carbons (Fsp3) is 0.739. The lowest BCUT2D eigenvalue weighted by Crippen LogP contribution is -2.08. The minimum absolute atomic E-state index is 0.627. The highest BCUT2D eigenvalue weighted by Gasteiger charge is 2.03. The predicted octanol–water partition coefficient (Wildman–Crippen LogP) is 6.77. The van der Waals surface area contributed by atoms with Crippen LogP contribution in [-0.4, -0.2) is 39.6 Å². The maximum absolute atomic E-state index is 5.74. The Balaban J connectivity index is -0.000000869. The molecule has 0 bridgehead atoms. The molecule has 0 aliphatic carbocycles. The average Bonchev–Trinajstić information content (AvgIpc) is 2.76. The minimum atomic E-state index is 0.627. The predicted molar refractivity (Wildman–Crippen MR) is 118 cm³/mol. The third-order valence-electron chi connectivity index (χ3n) is 2.72. The summed E-state index contributed by atoms with van der Waals surface area (Å²) in [4.78, 5) is 0. The summed E-state index contributed by atoms with van der Waals surface area (Å²) in [6.07, 6.45) is 2.89. The Morgan fingerprint density at radius 3 is 1.48 bits per heavy atom. The molecule has 0 fully saturated rings. The Morgan fingerprint density at radius 1 is 0.556 bits per heavy atom. The van der Waals surface area contributed by atoms with E-state index < -0.39 is 0 Å². The van der Waals surface area contributed by atoms with E-state index in [1.165, 1.54) is 0 Å². The van der Waals surface area contributed by atoms with Gasteiger partial charge in [-0.3, -0.25) is 0 Å². The summed E-state index contributed by atoms with van der Waals surface area (Å²) in [5.41, 5.74) is 0. The highest BCUT2D eigenvalue weighted by Crippen LogP contribution is 2.26. The summed E-state index contributed by atoms with van der Waals surface area (Å²) >= 11 is 0.